The normalized spacial score (nSPS) is 16.5. The predicted octanol–water partition coefficient (Wildman–Crippen LogP) is 3.20. The van der Waals surface area contributed by atoms with Gasteiger partial charge in [0.2, 0.25) is 0 Å². The number of piperidine rings is 1. The molecule has 7 nitrogen and oxygen atoms in total. The Balaban J connectivity index is 1.49. The van der Waals surface area contributed by atoms with Crippen LogP contribution in [0, 0.1) is 0 Å². The highest BCUT2D eigenvalue weighted by Crippen LogP contribution is 2.25. The number of amides is 3. The Labute approximate surface area is 171 Å². The Hall–Kier alpha value is -2.83. The largest absolute Gasteiger partial charge is 0.337 e. The number of aromatic nitrogens is 2. The van der Waals surface area contributed by atoms with Crippen molar-refractivity contribution in [3.63, 3.8) is 0 Å². The zero-order valence-electron chi connectivity index (χ0n) is 17.3. The van der Waals surface area contributed by atoms with Crippen LogP contribution >= 0.6 is 0 Å². The molecule has 1 aromatic heterocycles. The number of likely N-dealkylation sites (tertiary alicyclic amines) is 1. The number of nitrogens with one attached hydrogen (secondary N) is 1. The van der Waals surface area contributed by atoms with E-state index < -0.39 is 0 Å². The molecule has 2 aliphatic heterocycles. The quantitative estimate of drug-likeness (QED) is 0.868. The standard InChI is InChI=1S/C22H29N5O2/c1-3-16-7-9-17(10-8-16)23-22(29)27-14-11-19-18(15-27)20(24-25(19)2)21(28)26-12-5-4-6-13-26/h7-10H,3-6,11-15H2,1-2H3,(H,23,29). The molecule has 0 atom stereocenters. The first-order valence-corrected chi connectivity index (χ1v) is 10.6. The fourth-order valence-electron chi connectivity index (χ4n) is 4.21. The zero-order chi connectivity index (χ0) is 20.4. The van der Waals surface area contributed by atoms with Gasteiger partial charge in [0.15, 0.2) is 5.69 Å². The minimum atomic E-state index is -0.139. The number of hydrogen-bond acceptors (Lipinski definition) is 3. The van der Waals surface area contributed by atoms with Gasteiger partial charge < -0.3 is 15.1 Å². The van der Waals surface area contributed by atoms with Gasteiger partial charge in [-0.2, -0.15) is 5.10 Å². The summed E-state index contributed by atoms with van der Waals surface area (Å²) in [6.45, 7) is 4.72. The molecule has 0 bridgehead atoms. The van der Waals surface area contributed by atoms with Crippen LogP contribution in [0.25, 0.3) is 0 Å². The van der Waals surface area contributed by atoms with Crippen LogP contribution in [0.5, 0.6) is 0 Å². The first-order valence-electron chi connectivity index (χ1n) is 10.6. The number of carbonyl (C=O) groups is 2. The van der Waals surface area contributed by atoms with Gasteiger partial charge in [0.05, 0.1) is 6.54 Å². The van der Waals surface area contributed by atoms with Crippen LogP contribution < -0.4 is 5.32 Å². The van der Waals surface area contributed by atoms with Crippen molar-refractivity contribution >= 4 is 17.6 Å². The lowest BCUT2D eigenvalue weighted by atomic mass is 10.0. The second kappa shape index (κ2) is 8.27. The second-order valence-corrected chi connectivity index (χ2v) is 7.90. The molecule has 0 unspecified atom stereocenters. The van der Waals surface area contributed by atoms with Crippen LogP contribution in [0.3, 0.4) is 0 Å². The Morgan fingerprint density at radius 1 is 1.03 bits per heavy atom. The van der Waals surface area contributed by atoms with Crippen LogP contribution in [0.15, 0.2) is 24.3 Å². The second-order valence-electron chi connectivity index (χ2n) is 7.90. The lowest BCUT2D eigenvalue weighted by molar-refractivity contribution is 0.0715. The van der Waals surface area contributed by atoms with Gasteiger partial charge >= 0.3 is 6.03 Å². The fourth-order valence-corrected chi connectivity index (χ4v) is 4.21. The van der Waals surface area contributed by atoms with Crippen LogP contribution in [0.1, 0.15) is 53.5 Å². The van der Waals surface area contributed by atoms with Crippen molar-refractivity contribution in [1.82, 2.24) is 19.6 Å². The smallest absolute Gasteiger partial charge is 0.322 e. The number of rotatable bonds is 3. The third kappa shape index (κ3) is 3.99. The minimum Gasteiger partial charge on any atom is -0.337 e. The van der Waals surface area contributed by atoms with Crippen LogP contribution in [0.2, 0.25) is 0 Å². The molecule has 154 valence electrons. The van der Waals surface area contributed by atoms with Crippen molar-refractivity contribution in [2.24, 2.45) is 7.05 Å². The average molecular weight is 396 g/mol. The SMILES string of the molecule is CCc1ccc(NC(=O)N2CCc3c(c(C(=O)N4CCCCC4)nn3C)C2)cc1. The highest BCUT2D eigenvalue weighted by Gasteiger charge is 2.31. The molecule has 1 fully saturated rings. The summed E-state index contributed by atoms with van der Waals surface area (Å²) in [5, 5.41) is 7.51. The van der Waals surface area contributed by atoms with E-state index in [1.807, 2.05) is 40.9 Å². The molecule has 0 aliphatic carbocycles. The van der Waals surface area contributed by atoms with Crippen LogP contribution in [0.4, 0.5) is 10.5 Å². The molecule has 1 aromatic carbocycles. The number of urea groups is 1. The molecule has 3 amide bonds. The number of anilines is 1. The Morgan fingerprint density at radius 2 is 1.76 bits per heavy atom. The Morgan fingerprint density at radius 3 is 2.45 bits per heavy atom. The Bertz CT molecular complexity index is 897. The minimum absolute atomic E-state index is 0.000961. The zero-order valence-corrected chi connectivity index (χ0v) is 17.3. The van der Waals surface area contributed by atoms with E-state index in [0.717, 1.165) is 49.3 Å². The van der Waals surface area contributed by atoms with E-state index in [9.17, 15) is 9.59 Å². The topological polar surface area (TPSA) is 70.5 Å². The first kappa shape index (κ1) is 19.5. The van der Waals surface area contributed by atoms with Crippen LogP contribution in [-0.4, -0.2) is 51.2 Å². The van der Waals surface area contributed by atoms with E-state index in [4.69, 9.17) is 0 Å². The van der Waals surface area contributed by atoms with Crippen LogP contribution in [-0.2, 0) is 26.4 Å². The molecule has 0 saturated carbocycles. The van der Waals surface area contributed by atoms with Gasteiger partial charge in [-0.05, 0) is 43.4 Å². The number of aryl methyl sites for hydroxylation is 2. The highest BCUT2D eigenvalue weighted by molar-refractivity contribution is 5.95. The maximum Gasteiger partial charge on any atom is 0.322 e. The summed E-state index contributed by atoms with van der Waals surface area (Å²) in [5.74, 6) is -0.000961. The number of benzene rings is 1. The summed E-state index contributed by atoms with van der Waals surface area (Å²) in [5.41, 5.74) is 4.48. The molecular formula is C22H29N5O2. The fraction of sp³-hybridized carbons (Fsp3) is 0.500. The van der Waals surface area contributed by atoms with Gasteiger partial charge in [-0.3, -0.25) is 9.48 Å². The molecular weight excluding hydrogens is 366 g/mol. The lowest BCUT2D eigenvalue weighted by Crippen LogP contribution is -2.40. The third-order valence-corrected chi connectivity index (χ3v) is 5.99. The number of hydrogen-bond donors (Lipinski definition) is 1. The summed E-state index contributed by atoms with van der Waals surface area (Å²) in [7, 11) is 1.89. The molecule has 0 radical (unpaired) electrons. The summed E-state index contributed by atoms with van der Waals surface area (Å²) in [4.78, 5) is 29.5. The van der Waals surface area contributed by atoms with Crippen molar-refractivity contribution in [3.8, 4) is 0 Å². The number of nitrogens with zero attached hydrogens (tertiary/aromatic N) is 4. The van der Waals surface area contributed by atoms with E-state index in [1.165, 1.54) is 12.0 Å². The molecule has 2 aliphatic rings. The summed E-state index contributed by atoms with van der Waals surface area (Å²) in [6, 6.07) is 7.78. The third-order valence-electron chi connectivity index (χ3n) is 5.99. The molecule has 3 heterocycles. The Kier molecular flexibility index (Phi) is 5.56. The van der Waals surface area contributed by atoms with Crippen molar-refractivity contribution in [2.75, 3.05) is 25.0 Å². The van der Waals surface area contributed by atoms with Gasteiger partial charge in [-0.15, -0.1) is 0 Å². The molecule has 7 heteroatoms. The van der Waals surface area contributed by atoms with Gasteiger partial charge in [0, 0.05) is 50.0 Å². The van der Waals surface area contributed by atoms with Gasteiger partial charge in [-0.25, -0.2) is 4.79 Å². The van der Waals surface area contributed by atoms with E-state index in [2.05, 4.69) is 17.3 Å². The molecule has 2 aromatic rings. The molecule has 1 saturated heterocycles. The van der Waals surface area contributed by atoms with E-state index in [-0.39, 0.29) is 11.9 Å². The van der Waals surface area contributed by atoms with Crippen molar-refractivity contribution in [2.45, 2.75) is 45.6 Å². The van der Waals surface area contributed by atoms with Gasteiger partial charge in [0.25, 0.3) is 5.91 Å². The van der Waals surface area contributed by atoms with E-state index >= 15 is 0 Å². The highest BCUT2D eigenvalue weighted by atomic mass is 16.2. The first-order chi connectivity index (χ1) is 14.1. The molecule has 29 heavy (non-hydrogen) atoms. The molecule has 1 N–H and O–H groups in total. The monoisotopic (exact) mass is 395 g/mol. The maximum absolute atomic E-state index is 13.0. The maximum atomic E-state index is 13.0. The molecule has 0 spiro atoms. The number of fused-ring (bicyclic) bond motifs is 1. The van der Waals surface area contributed by atoms with Crippen molar-refractivity contribution < 1.29 is 9.59 Å². The van der Waals surface area contributed by atoms with Crippen molar-refractivity contribution in [3.05, 3.63) is 46.8 Å². The summed E-state index contributed by atoms with van der Waals surface area (Å²) in [6.07, 6.45) is 4.95. The summed E-state index contributed by atoms with van der Waals surface area (Å²) >= 11 is 0. The van der Waals surface area contributed by atoms with E-state index in [0.29, 0.717) is 25.2 Å². The number of carbonyl (C=O) groups excluding carboxylic acids is 2. The average Bonchev–Trinajstić information content (AvgIpc) is 3.10. The molecule has 4 rings (SSSR count). The summed E-state index contributed by atoms with van der Waals surface area (Å²) < 4.78 is 1.81. The van der Waals surface area contributed by atoms with E-state index in [1.54, 1.807) is 4.90 Å². The van der Waals surface area contributed by atoms with Gasteiger partial charge in [-0.1, -0.05) is 19.1 Å². The van der Waals surface area contributed by atoms with Crippen molar-refractivity contribution in [1.29, 1.82) is 0 Å². The predicted molar refractivity (Wildman–Crippen MR) is 112 cm³/mol. The van der Waals surface area contributed by atoms with Gasteiger partial charge in [0.1, 0.15) is 0 Å². The lowest BCUT2D eigenvalue weighted by Gasteiger charge is -2.29.